The van der Waals surface area contributed by atoms with Crippen molar-refractivity contribution in [1.29, 1.82) is 0 Å². The van der Waals surface area contributed by atoms with Gasteiger partial charge in [0.2, 0.25) is 0 Å². The highest BCUT2D eigenvalue weighted by Gasteiger charge is 2.71. The van der Waals surface area contributed by atoms with E-state index in [2.05, 4.69) is 13.8 Å². The van der Waals surface area contributed by atoms with Gasteiger partial charge in [-0.15, -0.1) is 0 Å². The van der Waals surface area contributed by atoms with Crippen LogP contribution in [0.2, 0.25) is 0 Å². The molecule has 4 heteroatoms. The fraction of sp³-hybridized carbons (Fsp3) is 0.964. The lowest BCUT2D eigenvalue weighted by Crippen LogP contribution is -2.69. The molecule has 32 heavy (non-hydrogen) atoms. The Morgan fingerprint density at radius 2 is 1.06 bits per heavy atom. The number of unbranched alkanes of at least 4 members (excludes halogenated alkanes) is 8. The second-order valence-corrected chi connectivity index (χ2v) is 11.0. The molecule has 186 valence electrons. The van der Waals surface area contributed by atoms with Crippen molar-refractivity contribution in [3.8, 4) is 0 Å². The van der Waals surface area contributed by atoms with Gasteiger partial charge in [-0.3, -0.25) is 4.79 Å². The Morgan fingerprint density at radius 1 is 0.688 bits per heavy atom. The van der Waals surface area contributed by atoms with Gasteiger partial charge in [-0.05, 0) is 64.2 Å². The average molecular weight is 453 g/mol. The lowest BCUT2D eigenvalue weighted by atomic mass is 9.42. The molecular weight excluding hydrogens is 403 g/mol. The van der Waals surface area contributed by atoms with Crippen LogP contribution in [-0.4, -0.2) is 37.4 Å². The number of carbonyl (C=O) groups excluding carboxylic acids is 1. The van der Waals surface area contributed by atoms with E-state index in [1.54, 1.807) is 0 Å². The molecule has 0 aromatic rings. The summed E-state index contributed by atoms with van der Waals surface area (Å²) in [6.45, 7) is 6.10. The van der Waals surface area contributed by atoms with Crippen molar-refractivity contribution in [2.75, 3.05) is 13.2 Å². The molecule has 3 nitrogen and oxygen atoms in total. The Labute approximate surface area is 196 Å². The third kappa shape index (κ3) is 5.95. The lowest BCUT2D eigenvalue weighted by Gasteiger charge is -2.61. The number of halogens is 1. The van der Waals surface area contributed by atoms with Gasteiger partial charge >= 0.3 is 0 Å². The Morgan fingerprint density at radius 3 is 1.41 bits per heavy atom. The quantitative estimate of drug-likeness (QED) is 0.253. The molecule has 0 amide bonds. The van der Waals surface area contributed by atoms with Crippen LogP contribution in [0, 0.1) is 10.8 Å². The predicted molar refractivity (Wildman–Crippen MR) is 129 cm³/mol. The van der Waals surface area contributed by atoms with Crippen LogP contribution >= 0.6 is 0 Å². The molecule has 3 rings (SSSR count). The highest BCUT2D eigenvalue weighted by Crippen LogP contribution is 2.64. The van der Waals surface area contributed by atoms with Crippen molar-refractivity contribution in [1.82, 2.24) is 0 Å². The van der Waals surface area contributed by atoms with Gasteiger partial charge in [-0.1, -0.05) is 65.2 Å². The van der Waals surface area contributed by atoms with Crippen LogP contribution in [0.3, 0.4) is 0 Å². The van der Waals surface area contributed by atoms with E-state index in [1.807, 2.05) is 0 Å². The summed E-state index contributed by atoms with van der Waals surface area (Å²) in [6.07, 6.45) is 18.1. The van der Waals surface area contributed by atoms with Gasteiger partial charge in [0.15, 0.2) is 5.78 Å². The summed E-state index contributed by atoms with van der Waals surface area (Å²) in [5.41, 5.74) is -1.37. The summed E-state index contributed by atoms with van der Waals surface area (Å²) >= 11 is 0. The molecule has 0 aliphatic heterocycles. The Bertz CT molecular complexity index is 501. The molecule has 0 saturated heterocycles. The molecule has 3 fully saturated rings. The fourth-order valence-electron chi connectivity index (χ4n) is 6.60. The zero-order chi connectivity index (χ0) is 22.9. The lowest BCUT2D eigenvalue weighted by molar-refractivity contribution is -0.198. The van der Waals surface area contributed by atoms with Gasteiger partial charge in [-0.2, -0.15) is 0 Å². The minimum Gasteiger partial charge on any atom is -0.378 e. The van der Waals surface area contributed by atoms with Gasteiger partial charge in [0.05, 0.1) is 23.0 Å². The fourth-order valence-corrected chi connectivity index (χ4v) is 6.60. The Balaban J connectivity index is 1.34. The molecule has 0 heterocycles. The zero-order valence-corrected chi connectivity index (χ0v) is 21.0. The first-order chi connectivity index (χ1) is 15.6. The van der Waals surface area contributed by atoms with Crippen LogP contribution in [0.15, 0.2) is 0 Å². The number of carbonyl (C=O) groups is 1. The third-order valence-electron chi connectivity index (χ3n) is 8.73. The second kappa shape index (κ2) is 12.8. The third-order valence-corrected chi connectivity index (χ3v) is 8.73. The van der Waals surface area contributed by atoms with E-state index in [9.17, 15) is 4.79 Å². The van der Waals surface area contributed by atoms with E-state index in [1.165, 1.54) is 51.4 Å². The first kappa shape index (κ1) is 26.1. The SMILES string of the molecule is CCCCCCCOC1CC[C@]2(CC1)C(=O)[C@@]1(CCC(OCCCCCCC)CC1)C2F. The molecule has 0 aromatic heterocycles. The summed E-state index contributed by atoms with van der Waals surface area (Å²) in [5.74, 6) is 0.244. The van der Waals surface area contributed by atoms with Crippen molar-refractivity contribution in [2.45, 2.75) is 148 Å². The molecule has 3 saturated carbocycles. The number of hydrogen-bond acceptors (Lipinski definition) is 3. The molecule has 2 spiro atoms. The van der Waals surface area contributed by atoms with E-state index >= 15 is 4.39 Å². The summed E-state index contributed by atoms with van der Waals surface area (Å²) in [6, 6.07) is 0. The zero-order valence-electron chi connectivity index (χ0n) is 21.0. The van der Waals surface area contributed by atoms with Crippen LogP contribution in [0.1, 0.15) is 129 Å². The molecule has 0 radical (unpaired) electrons. The Kier molecular flexibility index (Phi) is 10.5. The van der Waals surface area contributed by atoms with Crippen LogP contribution < -0.4 is 0 Å². The maximum absolute atomic E-state index is 15.7. The van der Waals surface area contributed by atoms with E-state index in [-0.39, 0.29) is 18.0 Å². The summed E-state index contributed by atoms with van der Waals surface area (Å²) in [7, 11) is 0. The largest absolute Gasteiger partial charge is 0.378 e. The summed E-state index contributed by atoms with van der Waals surface area (Å²) in [4.78, 5) is 13.3. The molecule has 3 aliphatic carbocycles. The minimum atomic E-state index is -0.951. The molecule has 0 N–H and O–H groups in total. The van der Waals surface area contributed by atoms with Crippen LogP contribution in [-0.2, 0) is 14.3 Å². The van der Waals surface area contributed by atoms with E-state index < -0.39 is 17.0 Å². The normalized spacial score (nSPS) is 34.8. The first-order valence-electron chi connectivity index (χ1n) is 14.0. The number of hydrogen-bond donors (Lipinski definition) is 0. The van der Waals surface area contributed by atoms with Crippen LogP contribution in [0.5, 0.6) is 0 Å². The molecule has 0 aromatic carbocycles. The number of alkyl halides is 1. The standard InChI is InChI=1S/C28H49FO3/c1-3-5-7-9-11-21-31-23-13-17-27(18-14-23)25(29)28(26(27)30)19-15-24(16-20-28)32-22-12-10-8-6-4-2/h23-25H,3-22H2,1-2H3/t23?,24?,25?,27-,28-. The highest BCUT2D eigenvalue weighted by molar-refractivity contribution is 5.98. The van der Waals surface area contributed by atoms with Gasteiger partial charge in [-0.25, -0.2) is 4.39 Å². The highest BCUT2D eigenvalue weighted by atomic mass is 19.1. The second-order valence-electron chi connectivity index (χ2n) is 11.0. The van der Waals surface area contributed by atoms with Crippen LogP contribution in [0.4, 0.5) is 4.39 Å². The average Bonchev–Trinajstić information content (AvgIpc) is 2.83. The first-order valence-corrected chi connectivity index (χ1v) is 14.0. The van der Waals surface area contributed by atoms with Gasteiger partial charge in [0.1, 0.15) is 6.17 Å². The van der Waals surface area contributed by atoms with E-state index in [0.717, 1.165) is 51.7 Å². The predicted octanol–water partition coefficient (Wildman–Crippen LogP) is 7.74. The molecule has 0 unspecified atom stereocenters. The topological polar surface area (TPSA) is 35.5 Å². The van der Waals surface area contributed by atoms with Crippen molar-refractivity contribution < 1.29 is 18.7 Å². The summed E-state index contributed by atoms with van der Waals surface area (Å²) in [5, 5.41) is 0. The number of rotatable bonds is 14. The molecule has 0 atom stereocenters. The number of ketones is 1. The van der Waals surface area contributed by atoms with E-state index in [4.69, 9.17) is 9.47 Å². The maximum Gasteiger partial charge on any atom is 0.151 e. The molecule has 3 aliphatic rings. The minimum absolute atomic E-state index is 0.227. The van der Waals surface area contributed by atoms with Crippen molar-refractivity contribution in [3.05, 3.63) is 0 Å². The maximum atomic E-state index is 15.7. The Hall–Kier alpha value is -0.480. The van der Waals surface area contributed by atoms with Crippen molar-refractivity contribution >= 4 is 5.78 Å². The van der Waals surface area contributed by atoms with Crippen molar-refractivity contribution in [3.63, 3.8) is 0 Å². The number of ether oxygens (including phenoxy) is 2. The van der Waals surface area contributed by atoms with E-state index in [0.29, 0.717) is 25.7 Å². The van der Waals surface area contributed by atoms with Crippen molar-refractivity contribution in [2.24, 2.45) is 10.8 Å². The smallest absolute Gasteiger partial charge is 0.151 e. The van der Waals surface area contributed by atoms with Gasteiger partial charge in [0.25, 0.3) is 0 Å². The number of Topliss-reactive ketones (excluding diaryl/α,β-unsaturated/α-hetero) is 1. The molecule has 0 bridgehead atoms. The summed E-state index contributed by atoms with van der Waals surface area (Å²) < 4.78 is 27.8. The van der Waals surface area contributed by atoms with Gasteiger partial charge < -0.3 is 9.47 Å². The van der Waals surface area contributed by atoms with Gasteiger partial charge in [0, 0.05) is 13.2 Å². The monoisotopic (exact) mass is 452 g/mol. The molecular formula is C28H49FO3. The van der Waals surface area contributed by atoms with Crippen LogP contribution in [0.25, 0.3) is 0 Å².